The van der Waals surface area contributed by atoms with Gasteiger partial charge in [-0.25, -0.2) is 4.98 Å². The highest BCUT2D eigenvalue weighted by Gasteiger charge is 2.23. The van der Waals surface area contributed by atoms with Crippen LogP contribution in [-0.2, 0) is 17.8 Å². The monoisotopic (exact) mass is 333 g/mol. The van der Waals surface area contributed by atoms with Crippen molar-refractivity contribution in [3.8, 4) is 0 Å². The third-order valence-electron chi connectivity index (χ3n) is 5.22. The second-order valence-electron chi connectivity index (χ2n) is 6.90. The number of piperidine rings is 1. The van der Waals surface area contributed by atoms with Gasteiger partial charge in [0.25, 0.3) is 0 Å². The van der Waals surface area contributed by atoms with E-state index in [1.165, 1.54) is 10.8 Å². The quantitative estimate of drug-likeness (QED) is 0.733. The second-order valence-corrected chi connectivity index (χ2v) is 6.90. The van der Waals surface area contributed by atoms with E-state index in [1.54, 1.807) is 0 Å². The fraction of sp³-hybridized carbons (Fsp3) is 0.333. The van der Waals surface area contributed by atoms with Gasteiger partial charge in [0.15, 0.2) is 0 Å². The molecule has 1 saturated heterocycles. The number of imidazole rings is 1. The molecular formula is C21H23N3O. The van der Waals surface area contributed by atoms with Crippen molar-refractivity contribution in [1.82, 2.24) is 14.5 Å². The number of hydrogen-bond donors (Lipinski definition) is 0. The molecular weight excluding hydrogens is 310 g/mol. The van der Waals surface area contributed by atoms with Gasteiger partial charge < -0.3 is 9.47 Å². The minimum Gasteiger partial charge on any atom is -0.342 e. The maximum Gasteiger partial charge on any atom is 0.227 e. The standard InChI is InChI=1S/C21H23N3O/c25-21(14-19-6-3-5-18-4-1-2-7-20(18)19)24-11-8-17(9-12-24)15-23-13-10-22-16-23/h1-7,10,13,16-17H,8-9,11-12,14-15H2. The van der Waals surface area contributed by atoms with Crippen molar-refractivity contribution in [2.45, 2.75) is 25.8 Å². The normalized spacial score (nSPS) is 15.6. The largest absolute Gasteiger partial charge is 0.342 e. The summed E-state index contributed by atoms with van der Waals surface area (Å²) < 4.78 is 2.14. The average molecular weight is 333 g/mol. The summed E-state index contributed by atoms with van der Waals surface area (Å²) >= 11 is 0. The summed E-state index contributed by atoms with van der Waals surface area (Å²) in [5.74, 6) is 0.883. The van der Waals surface area contributed by atoms with Gasteiger partial charge in [-0.1, -0.05) is 42.5 Å². The Labute approximate surface area is 148 Å². The number of likely N-dealkylation sites (tertiary alicyclic amines) is 1. The van der Waals surface area contributed by atoms with Crippen LogP contribution in [0.2, 0.25) is 0 Å². The number of amides is 1. The van der Waals surface area contributed by atoms with Crippen LogP contribution in [0.25, 0.3) is 10.8 Å². The molecule has 4 rings (SSSR count). The van der Waals surface area contributed by atoms with E-state index in [4.69, 9.17) is 0 Å². The van der Waals surface area contributed by atoms with E-state index < -0.39 is 0 Å². The van der Waals surface area contributed by atoms with Crippen LogP contribution >= 0.6 is 0 Å². The van der Waals surface area contributed by atoms with Crippen molar-refractivity contribution >= 4 is 16.7 Å². The highest BCUT2D eigenvalue weighted by atomic mass is 16.2. The molecule has 0 unspecified atom stereocenters. The van der Waals surface area contributed by atoms with E-state index in [9.17, 15) is 4.79 Å². The summed E-state index contributed by atoms with van der Waals surface area (Å²) in [5.41, 5.74) is 1.13. The highest BCUT2D eigenvalue weighted by Crippen LogP contribution is 2.22. The Hall–Kier alpha value is -2.62. The predicted molar refractivity (Wildman–Crippen MR) is 99.2 cm³/mol. The number of carbonyl (C=O) groups excluding carboxylic acids is 1. The molecule has 0 atom stereocenters. The Morgan fingerprint density at radius 1 is 1.08 bits per heavy atom. The molecule has 4 nitrogen and oxygen atoms in total. The van der Waals surface area contributed by atoms with E-state index in [0.29, 0.717) is 12.3 Å². The number of fused-ring (bicyclic) bond motifs is 1. The first-order valence-corrected chi connectivity index (χ1v) is 9.00. The molecule has 1 aromatic heterocycles. The molecule has 1 fully saturated rings. The molecule has 0 aliphatic carbocycles. The zero-order valence-electron chi connectivity index (χ0n) is 14.3. The number of aromatic nitrogens is 2. The average Bonchev–Trinajstić information content (AvgIpc) is 3.16. The first-order valence-electron chi connectivity index (χ1n) is 9.00. The van der Waals surface area contributed by atoms with Gasteiger partial charge in [-0.3, -0.25) is 4.79 Å². The molecule has 2 heterocycles. The fourth-order valence-corrected chi connectivity index (χ4v) is 3.78. The Bertz CT molecular complexity index is 843. The summed E-state index contributed by atoms with van der Waals surface area (Å²) in [6.07, 6.45) is 8.34. The van der Waals surface area contributed by atoms with Gasteiger partial charge in [0.2, 0.25) is 5.91 Å². The van der Waals surface area contributed by atoms with Gasteiger partial charge in [-0.15, -0.1) is 0 Å². The highest BCUT2D eigenvalue weighted by molar-refractivity contribution is 5.90. The zero-order chi connectivity index (χ0) is 17.1. The SMILES string of the molecule is O=C(Cc1cccc2ccccc12)N1CCC(Cn2ccnc2)CC1. The van der Waals surface area contributed by atoms with Crippen LogP contribution < -0.4 is 0 Å². The summed E-state index contributed by atoms with van der Waals surface area (Å²) in [6, 6.07) is 14.5. The van der Waals surface area contributed by atoms with Gasteiger partial charge in [0.05, 0.1) is 12.7 Å². The molecule has 1 aliphatic rings. The molecule has 0 N–H and O–H groups in total. The van der Waals surface area contributed by atoms with Crippen LogP contribution in [0.15, 0.2) is 61.2 Å². The predicted octanol–water partition coefficient (Wildman–Crippen LogP) is 3.52. The summed E-state index contributed by atoms with van der Waals surface area (Å²) in [4.78, 5) is 18.9. The van der Waals surface area contributed by atoms with E-state index in [-0.39, 0.29) is 5.91 Å². The molecule has 0 radical (unpaired) electrons. The van der Waals surface area contributed by atoms with Crippen LogP contribution in [0.3, 0.4) is 0 Å². The Morgan fingerprint density at radius 2 is 1.88 bits per heavy atom. The lowest BCUT2D eigenvalue weighted by Gasteiger charge is -2.32. The Kier molecular flexibility index (Phi) is 4.51. The molecule has 4 heteroatoms. The van der Waals surface area contributed by atoms with Gasteiger partial charge in [0, 0.05) is 32.0 Å². The van der Waals surface area contributed by atoms with E-state index in [2.05, 4.69) is 33.8 Å². The number of benzene rings is 2. The van der Waals surface area contributed by atoms with Gasteiger partial charge in [-0.05, 0) is 35.1 Å². The first kappa shape index (κ1) is 15.9. The zero-order valence-corrected chi connectivity index (χ0v) is 14.3. The topological polar surface area (TPSA) is 38.1 Å². The van der Waals surface area contributed by atoms with Crippen molar-refractivity contribution in [1.29, 1.82) is 0 Å². The molecule has 0 spiro atoms. The maximum atomic E-state index is 12.7. The molecule has 3 aromatic rings. The third kappa shape index (κ3) is 3.58. The van der Waals surface area contributed by atoms with E-state index in [0.717, 1.165) is 38.0 Å². The molecule has 2 aromatic carbocycles. The second kappa shape index (κ2) is 7.09. The van der Waals surface area contributed by atoms with Gasteiger partial charge in [0.1, 0.15) is 0 Å². The molecule has 1 aliphatic heterocycles. The Balaban J connectivity index is 1.37. The van der Waals surface area contributed by atoms with Crippen LogP contribution in [0.5, 0.6) is 0 Å². The van der Waals surface area contributed by atoms with Crippen molar-refractivity contribution in [2.24, 2.45) is 5.92 Å². The summed E-state index contributed by atoms with van der Waals surface area (Å²) in [7, 11) is 0. The number of nitrogens with zero attached hydrogens (tertiary/aromatic N) is 3. The van der Waals surface area contributed by atoms with Crippen LogP contribution in [-0.4, -0.2) is 33.4 Å². The minimum absolute atomic E-state index is 0.248. The smallest absolute Gasteiger partial charge is 0.227 e. The lowest BCUT2D eigenvalue weighted by atomic mass is 9.95. The fourth-order valence-electron chi connectivity index (χ4n) is 3.78. The van der Waals surface area contributed by atoms with Crippen molar-refractivity contribution in [3.05, 3.63) is 66.7 Å². The van der Waals surface area contributed by atoms with Crippen LogP contribution in [0.4, 0.5) is 0 Å². The summed E-state index contributed by atoms with van der Waals surface area (Å²) in [5, 5.41) is 2.39. The van der Waals surface area contributed by atoms with Crippen LogP contribution in [0.1, 0.15) is 18.4 Å². The Morgan fingerprint density at radius 3 is 2.68 bits per heavy atom. The van der Waals surface area contributed by atoms with Crippen molar-refractivity contribution in [3.63, 3.8) is 0 Å². The third-order valence-corrected chi connectivity index (χ3v) is 5.22. The van der Waals surface area contributed by atoms with Crippen LogP contribution in [0, 0.1) is 5.92 Å². The number of hydrogen-bond acceptors (Lipinski definition) is 2. The molecule has 25 heavy (non-hydrogen) atoms. The van der Waals surface area contributed by atoms with Crippen molar-refractivity contribution in [2.75, 3.05) is 13.1 Å². The minimum atomic E-state index is 0.248. The number of rotatable bonds is 4. The van der Waals surface area contributed by atoms with E-state index >= 15 is 0 Å². The first-order chi connectivity index (χ1) is 12.3. The van der Waals surface area contributed by atoms with Crippen molar-refractivity contribution < 1.29 is 4.79 Å². The molecule has 0 bridgehead atoms. The molecule has 0 saturated carbocycles. The van der Waals surface area contributed by atoms with Gasteiger partial charge in [-0.2, -0.15) is 0 Å². The lowest BCUT2D eigenvalue weighted by Crippen LogP contribution is -2.40. The molecule has 128 valence electrons. The lowest BCUT2D eigenvalue weighted by molar-refractivity contribution is -0.131. The molecule has 1 amide bonds. The number of carbonyl (C=O) groups is 1. The van der Waals surface area contributed by atoms with Gasteiger partial charge >= 0.3 is 0 Å². The maximum absolute atomic E-state index is 12.7. The van der Waals surface area contributed by atoms with E-state index in [1.807, 2.05) is 41.8 Å². The summed E-state index contributed by atoms with van der Waals surface area (Å²) in [6.45, 7) is 2.73.